The predicted octanol–water partition coefficient (Wildman–Crippen LogP) is 3.29. The lowest BCUT2D eigenvalue weighted by molar-refractivity contribution is -0.129. The molecule has 8 nitrogen and oxygen atoms in total. The van der Waals surface area contributed by atoms with Gasteiger partial charge in [-0.05, 0) is 43.5 Å². The van der Waals surface area contributed by atoms with Crippen molar-refractivity contribution in [1.82, 2.24) is 15.1 Å². The second kappa shape index (κ2) is 9.97. The number of benzene rings is 1. The van der Waals surface area contributed by atoms with E-state index in [2.05, 4.69) is 15.5 Å². The first-order valence-electron chi connectivity index (χ1n) is 10.1. The Labute approximate surface area is 193 Å². The van der Waals surface area contributed by atoms with Gasteiger partial charge in [-0.3, -0.25) is 14.4 Å². The number of piperidine rings is 1. The molecule has 2 saturated heterocycles. The van der Waals surface area contributed by atoms with Crippen molar-refractivity contribution in [3.8, 4) is 0 Å². The van der Waals surface area contributed by atoms with Crippen LogP contribution in [0.4, 0.5) is 10.8 Å². The largest absolute Gasteiger partial charge is 0.342 e. The molecule has 0 bridgehead atoms. The number of hydrogen-bond donors (Lipinski definition) is 1. The third kappa shape index (κ3) is 5.55. The van der Waals surface area contributed by atoms with E-state index in [4.69, 9.17) is 11.6 Å². The van der Waals surface area contributed by atoms with E-state index in [1.807, 2.05) is 4.90 Å². The molecule has 164 valence electrons. The average Bonchev–Trinajstić information content (AvgIpc) is 3.39. The standard InChI is InChI=1S/C20H22ClN5O3S2/c21-14-4-6-15(7-5-14)26-11-13(10-16(26)27)18(29)22-19-23-24-20(31-19)30-12-17(28)25-8-2-1-3-9-25/h4-7,13H,1-3,8-12H2,(H,22,23,29)/t13-/m1/s1. The molecule has 0 aliphatic carbocycles. The first-order valence-corrected chi connectivity index (χ1v) is 12.3. The molecule has 1 atom stereocenters. The number of amides is 3. The van der Waals surface area contributed by atoms with Gasteiger partial charge in [0.1, 0.15) is 0 Å². The molecule has 2 fully saturated rings. The third-order valence-corrected chi connectivity index (χ3v) is 7.51. The highest BCUT2D eigenvalue weighted by atomic mass is 35.5. The Morgan fingerprint density at radius 3 is 2.65 bits per heavy atom. The number of rotatable bonds is 6. The van der Waals surface area contributed by atoms with Crippen molar-refractivity contribution in [3.63, 3.8) is 0 Å². The highest BCUT2D eigenvalue weighted by molar-refractivity contribution is 8.01. The number of nitrogens with zero attached hydrogens (tertiary/aromatic N) is 4. The van der Waals surface area contributed by atoms with E-state index in [0.717, 1.165) is 31.6 Å². The predicted molar refractivity (Wildman–Crippen MR) is 122 cm³/mol. The summed E-state index contributed by atoms with van der Waals surface area (Å²) < 4.78 is 0.631. The number of aromatic nitrogens is 2. The number of halogens is 1. The lowest BCUT2D eigenvalue weighted by atomic mass is 10.1. The van der Waals surface area contributed by atoms with Gasteiger partial charge in [0, 0.05) is 36.8 Å². The second-order valence-corrected chi connectivity index (χ2v) is 10.1. The van der Waals surface area contributed by atoms with Crippen molar-refractivity contribution in [1.29, 1.82) is 0 Å². The summed E-state index contributed by atoms with van der Waals surface area (Å²) in [4.78, 5) is 40.8. The van der Waals surface area contributed by atoms with E-state index >= 15 is 0 Å². The van der Waals surface area contributed by atoms with E-state index in [-0.39, 0.29) is 24.1 Å². The average molecular weight is 480 g/mol. The summed E-state index contributed by atoms with van der Waals surface area (Å²) in [6, 6.07) is 6.96. The Morgan fingerprint density at radius 1 is 1.16 bits per heavy atom. The Bertz CT molecular complexity index is 962. The summed E-state index contributed by atoms with van der Waals surface area (Å²) in [6.07, 6.45) is 3.44. The number of likely N-dealkylation sites (tertiary alicyclic amines) is 1. The van der Waals surface area contributed by atoms with Crippen LogP contribution in [-0.2, 0) is 14.4 Å². The summed E-state index contributed by atoms with van der Waals surface area (Å²) in [7, 11) is 0. The molecule has 1 aromatic carbocycles. The zero-order valence-corrected chi connectivity index (χ0v) is 19.1. The molecule has 0 unspecified atom stereocenters. The molecule has 2 aliphatic heterocycles. The number of carbonyl (C=O) groups is 3. The van der Waals surface area contributed by atoms with E-state index in [9.17, 15) is 14.4 Å². The summed E-state index contributed by atoms with van der Waals surface area (Å²) >= 11 is 8.47. The Hall–Kier alpha value is -2.17. The van der Waals surface area contributed by atoms with Crippen LogP contribution in [0.1, 0.15) is 25.7 Å². The van der Waals surface area contributed by atoms with Gasteiger partial charge >= 0.3 is 0 Å². The summed E-state index contributed by atoms with van der Waals surface area (Å²) in [5.74, 6) is -0.411. The van der Waals surface area contributed by atoms with Crippen LogP contribution in [0.15, 0.2) is 28.6 Å². The van der Waals surface area contributed by atoms with Gasteiger partial charge in [0.2, 0.25) is 22.9 Å². The van der Waals surface area contributed by atoms with Crippen molar-refractivity contribution in [2.45, 2.75) is 30.0 Å². The Kier molecular flexibility index (Phi) is 7.09. The van der Waals surface area contributed by atoms with Crippen LogP contribution in [0.25, 0.3) is 0 Å². The number of thioether (sulfide) groups is 1. The van der Waals surface area contributed by atoms with E-state index < -0.39 is 5.92 Å². The molecule has 11 heteroatoms. The molecule has 1 N–H and O–H groups in total. The fourth-order valence-corrected chi connectivity index (χ4v) is 5.42. The highest BCUT2D eigenvalue weighted by Crippen LogP contribution is 2.29. The van der Waals surface area contributed by atoms with Gasteiger partial charge < -0.3 is 15.1 Å². The normalized spacial score (nSPS) is 19.0. The van der Waals surface area contributed by atoms with Crippen molar-refractivity contribution in [3.05, 3.63) is 29.3 Å². The van der Waals surface area contributed by atoms with Crippen molar-refractivity contribution in [2.75, 3.05) is 35.6 Å². The maximum Gasteiger partial charge on any atom is 0.233 e. The Morgan fingerprint density at radius 2 is 1.90 bits per heavy atom. The van der Waals surface area contributed by atoms with Gasteiger partial charge in [-0.15, -0.1) is 10.2 Å². The van der Waals surface area contributed by atoms with Crippen LogP contribution >= 0.6 is 34.7 Å². The van der Waals surface area contributed by atoms with Gasteiger partial charge in [-0.2, -0.15) is 0 Å². The van der Waals surface area contributed by atoms with E-state index in [1.54, 1.807) is 29.2 Å². The Balaban J connectivity index is 1.28. The van der Waals surface area contributed by atoms with Gasteiger partial charge in [0.25, 0.3) is 0 Å². The summed E-state index contributed by atoms with van der Waals surface area (Å²) in [5.41, 5.74) is 0.720. The van der Waals surface area contributed by atoms with Crippen LogP contribution in [0.2, 0.25) is 5.02 Å². The zero-order chi connectivity index (χ0) is 21.8. The molecule has 2 aromatic rings. The zero-order valence-electron chi connectivity index (χ0n) is 16.8. The minimum atomic E-state index is -0.469. The molecule has 0 spiro atoms. The summed E-state index contributed by atoms with van der Waals surface area (Å²) in [5, 5.41) is 11.8. The van der Waals surface area contributed by atoms with Gasteiger partial charge in [-0.25, -0.2) is 0 Å². The molecule has 2 aliphatic rings. The minimum absolute atomic E-state index is 0.104. The molecular weight excluding hydrogens is 458 g/mol. The first-order chi connectivity index (χ1) is 15.0. The van der Waals surface area contributed by atoms with Gasteiger partial charge in [-0.1, -0.05) is 34.7 Å². The van der Waals surface area contributed by atoms with Crippen molar-refractivity contribution < 1.29 is 14.4 Å². The molecule has 0 radical (unpaired) electrons. The molecular formula is C20H22ClN5O3S2. The number of hydrogen-bond acceptors (Lipinski definition) is 7. The quantitative estimate of drug-likeness (QED) is 0.504. The smallest absolute Gasteiger partial charge is 0.233 e. The molecule has 4 rings (SSSR count). The van der Waals surface area contributed by atoms with Crippen molar-refractivity contribution >= 4 is 63.2 Å². The third-order valence-electron chi connectivity index (χ3n) is 5.30. The molecule has 0 saturated carbocycles. The van der Waals surface area contributed by atoms with E-state index in [1.165, 1.54) is 29.5 Å². The van der Waals surface area contributed by atoms with Crippen molar-refractivity contribution in [2.24, 2.45) is 5.92 Å². The fourth-order valence-electron chi connectivity index (χ4n) is 3.64. The molecule has 31 heavy (non-hydrogen) atoms. The second-order valence-electron chi connectivity index (χ2n) is 7.47. The molecule has 3 heterocycles. The van der Waals surface area contributed by atoms with Crippen LogP contribution in [0, 0.1) is 5.92 Å². The monoisotopic (exact) mass is 479 g/mol. The van der Waals surface area contributed by atoms with Gasteiger partial charge in [0.15, 0.2) is 4.34 Å². The number of carbonyl (C=O) groups excluding carboxylic acids is 3. The molecule has 1 aromatic heterocycles. The lowest BCUT2D eigenvalue weighted by Crippen LogP contribution is -2.36. The topological polar surface area (TPSA) is 95.5 Å². The van der Waals surface area contributed by atoms with Crippen LogP contribution < -0.4 is 10.2 Å². The van der Waals surface area contributed by atoms with Gasteiger partial charge in [0.05, 0.1) is 11.7 Å². The SMILES string of the molecule is O=C(Nc1nnc(SCC(=O)N2CCCCC2)s1)[C@@H]1CC(=O)N(c2ccc(Cl)cc2)C1. The number of nitrogens with one attached hydrogen (secondary N) is 1. The van der Waals surface area contributed by atoms with Crippen LogP contribution in [0.5, 0.6) is 0 Å². The lowest BCUT2D eigenvalue weighted by Gasteiger charge is -2.26. The van der Waals surface area contributed by atoms with Crippen LogP contribution in [0.3, 0.4) is 0 Å². The highest BCUT2D eigenvalue weighted by Gasteiger charge is 2.35. The minimum Gasteiger partial charge on any atom is -0.342 e. The maximum atomic E-state index is 12.6. The van der Waals surface area contributed by atoms with E-state index in [0.29, 0.717) is 26.8 Å². The summed E-state index contributed by atoms with van der Waals surface area (Å²) in [6.45, 7) is 1.95. The number of anilines is 2. The van der Waals surface area contributed by atoms with Crippen LogP contribution in [-0.4, -0.2) is 58.2 Å². The molecule has 3 amide bonds. The first kappa shape index (κ1) is 22.0. The maximum absolute atomic E-state index is 12.6. The fraction of sp³-hybridized carbons (Fsp3) is 0.450.